The maximum absolute atomic E-state index is 12.8. The second kappa shape index (κ2) is 10.4. The number of hydrogen-bond acceptors (Lipinski definition) is 3. The number of unbranched alkanes of at least 4 members (excludes halogenated alkanes) is 2. The average Bonchev–Trinajstić information content (AvgIpc) is 2.53. The quantitative estimate of drug-likeness (QED) is 0.574. The molecule has 1 aromatic rings. The maximum atomic E-state index is 12.8. The molecule has 1 amide bonds. The standard InChI is InChI=1S/C19H32N2O2/c1-5-7-8-9-18(22)21(15-17-10-12-20-13-11-17)19(3,4)16-23-14-6-2/h10-13H,5-9,14-16H2,1-4H3. The highest BCUT2D eigenvalue weighted by Gasteiger charge is 2.30. The monoisotopic (exact) mass is 320 g/mol. The lowest BCUT2D eigenvalue weighted by atomic mass is 10.0. The van der Waals surface area contributed by atoms with Crippen LogP contribution in [0.25, 0.3) is 0 Å². The fraction of sp³-hybridized carbons (Fsp3) is 0.684. The zero-order valence-electron chi connectivity index (χ0n) is 15.2. The SMILES string of the molecule is CCCCCC(=O)N(Cc1ccncc1)C(C)(C)COCCC. The molecule has 0 aliphatic rings. The maximum Gasteiger partial charge on any atom is 0.223 e. The molecule has 0 aromatic carbocycles. The third-order valence-corrected chi connectivity index (χ3v) is 3.92. The first-order valence-electron chi connectivity index (χ1n) is 8.78. The summed E-state index contributed by atoms with van der Waals surface area (Å²) in [7, 11) is 0. The summed E-state index contributed by atoms with van der Waals surface area (Å²) in [5, 5.41) is 0. The average molecular weight is 320 g/mol. The van der Waals surface area contributed by atoms with Crippen molar-refractivity contribution in [3.63, 3.8) is 0 Å². The van der Waals surface area contributed by atoms with Crippen molar-refractivity contribution in [2.75, 3.05) is 13.2 Å². The van der Waals surface area contributed by atoms with Crippen molar-refractivity contribution in [2.45, 2.75) is 71.9 Å². The van der Waals surface area contributed by atoms with Gasteiger partial charge in [-0.15, -0.1) is 0 Å². The van der Waals surface area contributed by atoms with E-state index in [1.54, 1.807) is 12.4 Å². The van der Waals surface area contributed by atoms with Crippen LogP contribution in [0, 0.1) is 0 Å². The van der Waals surface area contributed by atoms with Gasteiger partial charge in [-0.3, -0.25) is 9.78 Å². The van der Waals surface area contributed by atoms with E-state index in [4.69, 9.17) is 4.74 Å². The molecule has 1 aromatic heterocycles. The summed E-state index contributed by atoms with van der Waals surface area (Å²) in [6, 6.07) is 3.94. The van der Waals surface area contributed by atoms with Crippen LogP contribution in [-0.4, -0.2) is 34.5 Å². The number of hydrogen-bond donors (Lipinski definition) is 0. The Hall–Kier alpha value is -1.42. The molecule has 0 aliphatic carbocycles. The molecule has 0 radical (unpaired) electrons. The molecule has 0 saturated heterocycles. The zero-order chi connectivity index (χ0) is 17.1. The summed E-state index contributed by atoms with van der Waals surface area (Å²) in [5.41, 5.74) is 0.786. The van der Waals surface area contributed by atoms with Gasteiger partial charge in [-0.1, -0.05) is 26.7 Å². The highest BCUT2D eigenvalue weighted by Crippen LogP contribution is 2.21. The predicted molar refractivity (Wildman–Crippen MR) is 94.1 cm³/mol. The summed E-state index contributed by atoms with van der Waals surface area (Å²) in [6.07, 6.45) is 8.32. The van der Waals surface area contributed by atoms with Crippen molar-refractivity contribution in [1.82, 2.24) is 9.88 Å². The van der Waals surface area contributed by atoms with Gasteiger partial charge in [0, 0.05) is 32.0 Å². The second-order valence-corrected chi connectivity index (χ2v) is 6.66. The molecule has 1 rings (SSSR count). The van der Waals surface area contributed by atoms with Gasteiger partial charge >= 0.3 is 0 Å². The van der Waals surface area contributed by atoms with Crippen LogP contribution in [0.15, 0.2) is 24.5 Å². The minimum absolute atomic E-state index is 0.209. The van der Waals surface area contributed by atoms with Gasteiger partial charge in [0.25, 0.3) is 0 Å². The topological polar surface area (TPSA) is 42.4 Å². The van der Waals surface area contributed by atoms with Crippen LogP contribution in [0.5, 0.6) is 0 Å². The van der Waals surface area contributed by atoms with Crippen molar-refractivity contribution in [2.24, 2.45) is 0 Å². The first kappa shape index (κ1) is 19.6. The molecule has 1 heterocycles. The molecule has 23 heavy (non-hydrogen) atoms. The third-order valence-electron chi connectivity index (χ3n) is 3.92. The number of amides is 1. The van der Waals surface area contributed by atoms with Crippen LogP contribution in [-0.2, 0) is 16.1 Å². The number of carbonyl (C=O) groups is 1. The Labute approximate surface area is 141 Å². The number of rotatable bonds is 11. The molecule has 0 bridgehead atoms. The van der Waals surface area contributed by atoms with Crippen LogP contribution in [0.1, 0.15) is 65.4 Å². The molecule has 0 fully saturated rings. The minimum Gasteiger partial charge on any atom is -0.379 e. The Kier molecular flexibility index (Phi) is 8.85. The number of nitrogens with zero attached hydrogens (tertiary/aromatic N) is 2. The molecule has 130 valence electrons. The van der Waals surface area contributed by atoms with Crippen molar-refractivity contribution in [3.8, 4) is 0 Å². The predicted octanol–water partition coefficient (Wildman–Crippen LogP) is 4.20. The van der Waals surface area contributed by atoms with Crippen LogP contribution < -0.4 is 0 Å². The molecular weight excluding hydrogens is 288 g/mol. The number of ether oxygens (including phenoxy) is 1. The summed E-state index contributed by atoms with van der Waals surface area (Å²) in [4.78, 5) is 18.8. The van der Waals surface area contributed by atoms with Crippen LogP contribution in [0.2, 0.25) is 0 Å². The minimum atomic E-state index is -0.318. The first-order valence-corrected chi connectivity index (χ1v) is 8.78. The molecule has 0 atom stereocenters. The Morgan fingerprint density at radius 3 is 2.48 bits per heavy atom. The van der Waals surface area contributed by atoms with Gasteiger partial charge in [0.1, 0.15) is 0 Å². The number of carbonyl (C=O) groups excluding carboxylic acids is 1. The highest BCUT2D eigenvalue weighted by molar-refractivity contribution is 5.77. The van der Waals surface area contributed by atoms with Crippen molar-refractivity contribution < 1.29 is 9.53 Å². The van der Waals surface area contributed by atoms with Gasteiger partial charge < -0.3 is 9.64 Å². The molecule has 0 spiro atoms. The fourth-order valence-electron chi connectivity index (χ4n) is 2.52. The number of aromatic nitrogens is 1. The van der Waals surface area contributed by atoms with Gasteiger partial charge in [-0.05, 0) is 44.4 Å². The summed E-state index contributed by atoms with van der Waals surface area (Å²) in [6.45, 7) is 10.3. The largest absolute Gasteiger partial charge is 0.379 e. The van der Waals surface area contributed by atoms with Crippen LogP contribution in [0.4, 0.5) is 0 Å². The van der Waals surface area contributed by atoms with E-state index in [-0.39, 0.29) is 11.4 Å². The van der Waals surface area contributed by atoms with Gasteiger partial charge in [-0.25, -0.2) is 0 Å². The van der Waals surface area contributed by atoms with E-state index in [1.807, 2.05) is 17.0 Å². The van der Waals surface area contributed by atoms with Crippen LogP contribution in [0.3, 0.4) is 0 Å². The van der Waals surface area contributed by atoms with E-state index in [1.165, 1.54) is 0 Å². The van der Waals surface area contributed by atoms with Crippen molar-refractivity contribution in [1.29, 1.82) is 0 Å². The van der Waals surface area contributed by atoms with E-state index < -0.39 is 0 Å². The Morgan fingerprint density at radius 1 is 1.17 bits per heavy atom. The smallest absolute Gasteiger partial charge is 0.223 e. The lowest BCUT2D eigenvalue weighted by Crippen LogP contribution is -2.50. The van der Waals surface area contributed by atoms with E-state index in [9.17, 15) is 4.79 Å². The molecular formula is C19H32N2O2. The second-order valence-electron chi connectivity index (χ2n) is 6.66. The van der Waals surface area contributed by atoms with Crippen molar-refractivity contribution in [3.05, 3.63) is 30.1 Å². The van der Waals surface area contributed by atoms with E-state index in [2.05, 4.69) is 32.7 Å². The molecule has 4 nitrogen and oxygen atoms in total. The van der Waals surface area contributed by atoms with Crippen LogP contribution >= 0.6 is 0 Å². The first-order chi connectivity index (χ1) is 11.0. The third kappa shape index (κ3) is 7.12. The Balaban J connectivity index is 2.79. The van der Waals surface area contributed by atoms with E-state index in [0.717, 1.165) is 37.9 Å². The van der Waals surface area contributed by atoms with Crippen molar-refractivity contribution >= 4 is 5.91 Å². The normalized spacial score (nSPS) is 11.5. The summed E-state index contributed by atoms with van der Waals surface area (Å²) in [5.74, 6) is 0.209. The fourth-order valence-corrected chi connectivity index (χ4v) is 2.52. The Morgan fingerprint density at radius 2 is 1.87 bits per heavy atom. The summed E-state index contributed by atoms with van der Waals surface area (Å²) >= 11 is 0. The van der Waals surface area contributed by atoms with Gasteiger partial charge in [0.15, 0.2) is 0 Å². The highest BCUT2D eigenvalue weighted by atomic mass is 16.5. The van der Waals surface area contributed by atoms with E-state index >= 15 is 0 Å². The molecule has 0 aliphatic heterocycles. The summed E-state index contributed by atoms with van der Waals surface area (Å²) < 4.78 is 5.74. The lowest BCUT2D eigenvalue weighted by Gasteiger charge is -2.39. The van der Waals surface area contributed by atoms with Gasteiger partial charge in [-0.2, -0.15) is 0 Å². The molecule has 4 heteroatoms. The van der Waals surface area contributed by atoms with Gasteiger partial charge in [0.2, 0.25) is 5.91 Å². The molecule has 0 unspecified atom stereocenters. The molecule has 0 N–H and O–H groups in total. The number of pyridine rings is 1. The van der Waals surface area contributed by atoms with E-state index in [0.29, 0.717) is 19.6 Å². The zero-order valence-corrected chi connectivity index (χ0v) is 15.2. The molecule has 0 saturated carbocycles. The van der Waals surface area contributed by atoms with Gasteiger partial charge in [0.05, 0.1) is 12.1 Å². The Bertz CT molecular complexity index is 446. The lowest BCUT2D eigenvalue weighted by molar-refractivity contribution is -0.140.